The van der Waals surface area contributed by atoms with Crippen LogP contribution >= 0.6 is 0 Å². The lowest BCUT2D eigenvalue weighted by molar-refractivity contribution is 0.191. The van der Waals surface area contributed by atoms with Gasteiger partial charge in [0.15, 0.2) is 11.5 Å². The Morgan fingerprint density at radius 2 is 1.92 bits per heavy atom. The number of anilines is 1. The van der Waals surface area contributed by atoms with Crippen LogP contribution in [0.4, 0.5) is 5.82 Å². The Morgan fingerprint density at radius 3 is 2.60 bits per heavy atom. The number of benzene rings is 1. The van der Waals surface area contributed by atoms with E-state index in [-0.39, 0.29) is 0 Å². The molecule has 1 fully saturated rings. The van der Waals surface area contributed by atoms with E-state index in [0.717, 1.165) is 49.9 Å². The summed E-state index contributed by atoms with van der Waals surface area (Å²) in [5, 5.41) is 0. The van der Waals surface area contributed by atoms with Crippen LogP contribution in [0, 0.1) is 0 Å². The molecule has 25 heavy (non-hydrogen) atoms. The molecule has 0 aliphatic carbocycles. The van der Waals surface area contributed by atoms with Crippen LogP contribution in [0.5, 0.6) is 11.5 Å². The Hall–Kier alpha value is -2.27. The second-order valence-corrected chi connectivity index (χ2v) is 6.46. The number of methoxy groups -OCH3 is 2. The fraction of sp³-hybridized carbons (Fsp3) is 0.450. The van der Waals surface area contributed by atoms with Gasteiger partial charge in [-0.25, -0.2) is 4.98 Å². The molecule has 0 amide bonds. The molecule has 1 aromatic heterocycles. The van der Waals surface area contributed by atoms with Gasteiger partial charge in [-0.1, -0.05) is 12.1 Å². The van der Waals surface area contributed by atoms with Crippen molar-refractivity contribution in [3.8, 4) is 11.5 Å². The minimum atomic E-state index is 0.510. The molecule has 134 valence electrons. The lowest BCUT2D eigenvalue weighted by Crippen LogP contribution is -2.52. The van der Waals surface area contributed by atoms with Crippen molar-refractivity contribution in [1.82, 2.24) is 9.88 Å². The van der Waals surface area contributed by atoms with Crippen molar-refractivity contribution in [2.24, 2.45) is 0 Å². The first-order valence-corrected chi connectivity index (χ1v) is 8.82. The van der Waals surface area contributed by atoms with Crippen LogP contribution in [0.25, 0.3) is 0 Å². The van der Waals surface area contributed by atoms with Gasteiger partial charge in [-0.15, -0.1) is 0 Å². The lowest BCUT2D eigenvalue weighted by Gasteiger charge is -2.40. The van der Waals surface area contributed by atoms with Gasteiger partial charge < -0.3 is 14.4 Å². The second-order valence-electron chi connectivity index (χ2n) is 6.46. The molecule has 1 saturated heterocycles. The summed E-state index contributed by atoms with van der Waals surface area (Å²) in [5.41, 5.74) is 1.28. The summed E-state index contributed by atoms with van der Waals surface area (Å²) < 4.78 is 10.7. The van der Waals surface area contributed by atoms with Gasteiger partial charge in [0.1, 0.15) is 5.82 Å². The van der Waals surface area contributed by atoms with E-state index in [0.29, 0.717) is 6.04 Å². The molecule has 1 aromatic carbocycles. The molecule has 2 heterocycles. The molecule has 0 saturated carbocycles. The monoisotopic (exact) mass is 341 g/mol. The van der Waals surface area contributed by atoms with E-state index in [4.69, 9.17) is 9.47 Å². The van der Waals surface area contributed by atoms with E-state index < -0.39 is 0 Å². The molecule has 2 aromatic rings. The van der Waals surface area contributed by atoms with Crippen molar-refractivity contribution < 1.29 is 9.47 Å². The molecule has 0 N–H and O–H groups in total. The van der Waals surface area contributed by atoms with Crippen LogP contribution in [0.3, 0.4) is 0 Å². The highest BCUT2D eigenvalue weighted by atomic mass is 16.5. The average Bonchev–Trinajstić information content (AvgIpc) is 2.67. The summed E-state index contributed by atoms with van der Waals surface area (Å²) in [6.45, 7) is 6.44. The SMILES string of the molecule is COc1ccc(CCN2CCN(c3ccccn3)C[C@@H]2C)cc1OC. The van der Waals surface area contributed by atoms with E-state index in [1.165, 1.54) is 5.56 Å². The summed E-state index contributed by atoms with van der Waals surface area (Å²) in [6, 6.07) is 12.8. The third-order valence-corrected chi connectivity index (χ3v) is 4.87. The summed E-state index contributed by atoms with van der Waals surface area (Å²) in [6.07, 6.45) is 2.87. The topological polar surface area (TPSA) is 37.8 Å². The van der Waals surface area contributed by atoms with E-state index in [1.807, 2.05) is 18.3 Å². The Morgan fingerprint density at radius 1 is 1.08 bits per heavy atom. The molecule has 1 aliphatic rings. The lowest BCUT2D eigenvalue weighted by atomic mass is 10.1. The van der Waals surface area contributed by atoms with E-state index in [2.05, 4.69) is 46.0 Å². The average molecular weight is 341 g/mol. The Bertz CT molecular complexity index is 678. The molecule has 0 unspecified atom stereocenters. The van der Waals surface area contributed by atoms with Crippen LogP contribution in [-0.2, 0) is 6.42 Å². The first-order valence-electron chi connectivity index (χ1n) is 8.82. The maximum Gasteiger partial charge on any atom is 0.160 e. The van der Waals surface area contributed by atoms with Crippen LogP contribution < -0.4 is 14.4 Å². The zero-order valence-electron chi connectivity index (χ0n) is 15.3. The first-order chi connectivity index (χ1) is 12.2. The highest BCUT2D eigenvalue weighted by Gasteiger charge is 2.24. The van der Waals surface area contributed by atoms with E-state index >= 15 is 0 Å². The first kappa shape index (κ1) is 17.5. The zero-order chi connectivity index (χ0) is 17.6. The molecule has 0 radical (unpaired) electrons. The summed E-state index contributed by atoms with van der Waals surface area (Å²) >= 11 is 0. The number of ether oxygens (including phenoxy) is 2. The number of hydrogen-bond acceptors (Lipinski definition) is 5. The fourth-order valence-electron chi connectivity index (χ4n) is 3.39. The summed E-state index contributed by atoms with van der Waals surface area (Å²) in [7, 11) is 3.35. The van der Waals surface area contributed by atoms with Gasteiger partial charge >= 0.3 is 0 Å². The smallest absolute Gasteiger partial charge is 0.160 e. The minimum absolute atomic E-state index is 0.510. The third-order valence-electron chi connectivity index (χ3n) is 4.87. The minimum Gasteiger partial charge on any atom is -0.493 e. The highest BCUT2D eigenvalue weighted by molar-refractivity contribution is 5.43. The molecular formula is C20H27N3O2. The van der Waals surface area contributed by atoms with E-state index in [9.17, 15) is 0 Å². The van der Waals surface area contributed by atoms with Crippen molar-refractivity contribution in [2.45, 2.75) is 19.4 Å². The van der Waals surface area contributed by atoms with Crippen molar-refractivity contribution in [2.75, 3.05) is 45.3 Å². The standard InChI is InChI=1S/C20H27N3O2/c1-16-15-23(20-6-4-5-10-21-20)13-12-22(16)11-9-17-7-8-18(24-2)19(14-17)25-3/h4-8,10,14,16H,9,11-13,15H2,1-3H3/t16-/m0/s1. The number of piperazine rings is 1. The van der Waals surface area contributed by atoms with Gasteiger partial charge in [0, 0.05) is 38.4 Å². The van der Waals surface area contributed by atoms with Gasteiger partial charge in [-0.3, -0.25) is 4.90 Å². The van der Waals surface area contributed by atoms with Crippen LogP contribution in [0.2, 0.25) is 0 Å². The van der Waals surface area contributed by atoms with Crippen LogP contribution in [-0.4, -0.2) is 56.3 Å². The Kier molecular flexibility index (Phi) is 5.76. The van der Waals surface area contributed by atoms with Crippen molar-refractivity contribution in [3.05, 3.63) is 48.2 Å². The molecular weight excluding hydrogens is 314 g/mol. The predicted molar refractivity (Wildman–Crippen MR) is 101 cm³/mol. The van der Waals surface area contributed by atoms with Crippen LogP contribution in [0.15, 0.2) is 42.6 Å². The quantitative estimate of drug-likeness (QED) is 0.808. The maximum absolute atomic E-state index is 5.40. The summed E-state index contributed by atoms with van der Waals surface area (Å²) in [5.74, 6) is 2.66. The van der Waals surface area contributed by atoms with Crippen molar-refractivity contribution in [3.63, 3.8) is 0 Å². The van der Waals surface area contributed by atoms with Gasteiger partial charge in [0.2, 0.25) is 0 Å². The number of pyridine rings is 1. The van der Waals surface area contributed by atoms with Gasteiger partial charge in [-0.05, 0) is 43.2 Å². The Labute approximate surface area is 150 Å². The largest absolute Gasteiger partial charge is 0.493 e. The van der Waals surface area contributed by atoms with Gasteiger partial charge in [0.25, 0.3) is 0 Å². The normalized spacial score (nSPS) is 18.2. The van der Waals surface area contributed by atoms with Gasteiger partial charge in [-0.2, -0.15) is 0 Å². The molecule has 1 atom stereocenters. The highest BCUT2D eigenvalue weighted by Crippen LogP contribution is 2.28. The molecule has 1 aliphatic heterocycles. The Balaban J connectivity index is 1.56. The maximum atomic E-state index is 5.40. The molecule has 5 heteroatoms. The third kappa shape index (κ3) is 4.23. The van der Waals surface area contributed by atoms with Crippen molar-refractivity contribution in [1.29, 1.82) is 0 Å². The zero-order valence-corrected chi connectivity index (χ0v) is 15.3. The van der Waals surface area contributed by atoms with E-state index in [1.54, 1.807) is 14.2 Å². The number of rotatable bonds is 6. The number of aromatic nitrogens is 1. The van der Waals surface area contributed by atoms with Crippen molar-refractivity contribution >= 4 is 5.82 Å². The second kappa shape index (κ2) is 8.21. The van der Waals surface area contributed by atoms with Crippen LogP contribution in [0.1, 0.15) is 12.5 Å². The number of hydrogen-bond donors (Lipinski definition) is 0. The molecule has 3 rings (SSSR count). The number of nitrogens with zero attached hydrogens (tertiary/aromatic N) is 3. The fourth-order valence-corrected chi connectivity index (χ4v) is 3.39. The molecule has 5 nitrogen and oxygen atoms in total. The molecule has 0 spiro atoms. The van der Waals surface area contributed by atoms with Gasteiger partial charge in [0.05, 0.1) is 14.2 Å². The predicted octanol–water partition coefficient (Wildman–Crippen LogP) is 2.85. The molecule has 0 bridgehead atoms. The summed E-state index contributed by atoms with van der Waals surface area (Å²) in [4.78, 5) is 9.40.